The number of carbonyl (C=O) groups is 1. The molecule has 0 aliphatic rings. The van der Waals surface area contributed by atoms with Crippen molar-refractivity contribution in [3.8, 4) is 17.0 Å². The van der Waals surface area contributed by atoms with Crippen LogP contribution in [0, 0.1) is 3.57 Å². The van der Waals surface area contributed by atoms with Crippen LogP contribution >= 0.6 is 22.6 Å². The van der Waals surface area contributed by atoms with E-state index in [1.54, 1.807) is 12.1 Å². The molecule has 82 valence electrons. The number of hydrogen-bond acceptors (Lipinski definition) is 4. The van der Waals surface area contributed by atoms with E-state index in [2.05, 4.69) is 38.0 Å². The van der Waals surface area contributed by atoms with Crippen LogP contribution in [0.4, 0.5) is 0 Å². The van der Waals surface area contributed by atoms with Gasteiger partial charge in [0.2, 0.25) is 0 Å². The second kappa shape index (κ2) is 4.08. The highest BCUT2D eigenvalue weighted by atomic mass is 127. The van der Waals surface area contributed by atoms with Crippen molar-refractivity contribution in [2.75, 3.05) is 0 Å². The van der Waals surface area contributed by atoms with Gasteiger partial charge in [-0.2, -0.15) is 15.4 Å². The molecule has 0 atom stereocenters. The van der Waals surface area contributed by atoms with Crippen LogP contribution in [0.3, 0.4) is 0 Å². The number of halogens is 1. The van der Waals surface area contributed by atoms with Crippen molar-refractivity contribution in [2.45, 2.75) is 0 Å². The van der Waals surface area contributed by atoms with Gasteiger partial charge in [0.15, 0.2) is 5.69 Å². The number of hydrogen-bond donors (Lipinski definition) is 3. The number of phenols is 1. The predicted octanol–water partition coefficient (Wildman–Crippen LogP) is 0.881. The summed E-state index contributed by atoms with van der Waals surface area (Å²) in [5, 5.41) is 19.3. The Hall–Kier alpha value is -1.64. The van der Waals surface area contributed by atoms with Crippen LogP contribution < -0.4 is 5.73 Å². The molecule has 0 spiro atoms. The Morgan fingerprint density at radius 3 is 2.88 bits per heavy atom. The maximum atomic E-state index is 11.1. The fourth-order valence-corrected chi connectivity index (χ4v) is 1.88. The van der Waals surface area contributed by atoms with Gasteiger partial charge in [0.25, 0.3) is 5.91 Å². The highest BCUT2D eigenvalue weighted by Gasteiger charge is 2.17. The molecule has 0 aliphatic carbocycles. The zero-order valence-corrected chi connectivity index (χ0v) is 10.1. The van der Waals surface area contributed by atoms with Gasteiger partial charge < -0.3 is 10.8 Å². The first-order valence-electron chi connectivity index (χ1n) is 4.29. The molecule has 6 nitrogen and oxygen atoms in total. The number of H-pyrrole nitrogens is 1. The average Bonchev–Trinajstić information content (AvgIpc) is 2.70. The summed E-state index contributed by atoms with van der Waals surface area (Å²) in [6.45, 7) is 0. The van der Waals surface area contributed by atoms with Crippen molar-refractivity contribution in [3.63, 3.8) is 0 Å². The van der Waals surface area contributed by atoms with E-state index in [9.17, 15) is 9.90 Å². The summed E-state index contributed by atoms with van der Waals surface area (Å²) in [4.78, 5) is 11.1. The second-order valence-corrected chi connectivity index (χ2v) is 4.21. The number of benzene rings is 1. The van der Waals surface area contributed by atoms with Crippen molar-refractivity contribution < 1.29 is 9.90 Å². The fraction of sp³-hybridized carbons (Fsp3) is 0. The maximum Gasteiger partial charge on any atom is 0.271 e. The van der Waals surface area contributed by atoms with Crippen LogP contribution in [0.25, 0.3) is 11.3 Å². The summed E-state index contributed by atoms with van der Waals surface area (Å²) >= 11 is 2.07. The van der Waals surface area contributed by atoms with E-state index in [1.807, 2.05) is 0 Å². The molecular formula is C9H7IN4O2. The summed E-state index contributed by atoms with van der Waals surface area (Å²) in [5.41, 5.74) is 6.17. The number of phenolic OH excluding ortho intramolecular Hbond substituents is 1. The molecule has 1 aromatic carbocycles. The Morgan fingerprint density at radius 1 is 1.44 bits per heavy atom. The number of carbonyl (C=O) groups excluding carboxylic acids is 1. The summed E-state index contributed by atoms with van der Waals surface area (Å²) in [5.74, 6) is -0.572. The Balaban J connectivity index is 2.62. The van der Waals surface area contributed by atoms with E-state index in [0.29, 0.717) is 11.3 Å². The highest BCUT2D eigenvalue weighted by Crippen LogP contribution is 2.28. The third-order valence-electron chi connectivity index (χ3n) is 1.99. The first kappa shape index (κ1) is 10.9. The highest BCUT2D eigenvalue weighted by molar-refractivity contribution is 14.1. The SMILES string of the molecule is NC(=O)c1n[nH]nc1-c1cc(O)ccc1I. The van der Waals surface area contributed by atoms with Crippen LogP contribution in [-0.2, 0) is 0 Å². The largest absolute Gasteiger partial charge is 0.508 e. The molecule has 4 N–H and O–H groups in total. The number of nitrogens with two attached hydrogens (primary N) is 1. The molecule has 2 rings (SSSR count). The van der Waals surface area contributed by atoms with Gasteiger partial charge >= 0.3 is 0 Å². The van der Waals surface area contributed by atoms with Gasteiger partial charge in [-0.1, -0.05) is 0 Å². The van der Waals surface area contributed by atoms with Gasteiger partial charge in [-0.3, -0.25) is 4.79 Å². The summed E-state index contributed by atoms with van der Waals surface area (Å²) in [6, 6.07) is 4.77. The average molecular weight is 330 g/mol. The third kappa shape index (κ3) is 1.85. The molecule has 7 heteroatoms. The van der Waals surface area contributed by atoms with Crippen LogP contribution in [-0.4, -0.2) is 26.4 Å². The van der Waals surface area contributed by atoms with Gasteiger partial charge in [0.1, 0.15) is 11.4 Å². The van der Waals surface area contributed by atoms with E-state index >= 15 is 0 Å². The van der Waals surface area contributed by atoms with Gasteiger partial charge in [-0.15, -0.1) is 0 Å². The normalized spacial score (nSPS) is 10.3. The van der Waals surface area contributed by atoms with E-state index in [1.165, 1.54) is 6.07 Å². The van der Waals surface area contributed by atoms with Crippen LogP contribution in [0.1, 0.15) is 10.5 Å². The quantitative estimate of drug-likeness (QED) is 0.711. The van der Waals surface area contributed by atoms with Crippen LogP contribution in [0.2, 0.25) is 0 Å². The molecule has 0 bridgehead atoms. The Morgan fingerprint density at radius 2 is 2.19 bits per heavy atom. The number of primary amides is 1. The first-order valence-corrected chi connectivity index (χ1v) is 5.37. The maximum absolute atomic E-state index is 11.1. The molecule has 2 aromatic rings. The topological polar surface area (TPSA) is 105 Å². The Bertz CT molecular complexity index is 552. The monoisotopic (exact) mass is 330 g/mol. The Kier molecular flexibility index (Phi) is 2.77. The van der Waals surface area contributed by atoms with Crippen molar-refractivity contribution in [1.29, 1.82) is 0 Å². The molecule has 1 aromatic heterocycles. The fourth-order valence-electron chi connectivity index (χ4n) is 1.29. The number of aromatic amines is 1. The molecule has 0 unspecified atom stereocenters. The van der Waals surface area contributed by atoms with Gasteiger partial charge in [0, 0.05) is 9.13 Å². The zero-order valence-electron chi connectivity index (χ0n) is 7.94. The molecular weight excluding hydrogens is 323 g/mol. The van der Waals surface area contributed by atoms with Gasteiger partial charge in [0.05, 0.1) is 0 Å². The summed E-state index contributed by atoms with van der Waals surface area (Å²) in [6.07, 6.45) is 0. The number of aromatic hydroxyl groups is 1. The lowest BCUT2D eigenvalue weighted by Crippen LogP contribution is -2.12. The number of nitrogens with one attached hydrogen (secondary N) is 1. The van der Waals surface area contributed by atoms with Crippen LogP contribution in [0.15, 0.2) is 18.2 Å². The minimum Gasteiger partial charge on any atom is -0.508 e. The number of amides is 1. The van der Waals surface area contributed by atoms with Gasteiger partial charge in [-0.25, -0.2) is 0 Å². The number of nitrogens with zero attached hydrogens (tertiary/aromatic N) is 2. The molecule has 0 aliphatic heterocycles. The Labute approximate surface area is 104 Å². The molecule has 0 saturated heterocycles. The lowest BCUT2D eigenvalue weighted by molar-refractivity contribution is 0.0996. The van der Waals surface area contributed by atoms with Gasteiger partial charge in [-0.05, 0) is 40.8 Å². The minimum absolute atomic E-state index is 0.0588. The third-order valence-corrected chi connectivity index (χ3v) is 2.93. The summed E-state index contributed by atoms with van der Waals surface area (Å²) in [7, 11) is 0. The van der Waals surface area contributed by atoms with E-state index in [-0.39, 0.29) is 11.4 Å². The first-order chi connectivity index (χ1) is 7.59. The van der Waals surface area contributed by atoms with Crippen molar-refractivity contribution in [2.24, 2.45) is 5.73 Å². The molecule has 0 fully saturated rings. The number of rotatable bonds is 2. The molecule has 16 heavy (non-hydrogen) atoms. The molecule has 0 saturated carbocycles. The molecule has 0 radical (unpaired) electrons. The number of aromatic nitrogens is 3. The summed E-state index contributed by atoms with van der Waals surface area (Å²) < 4.78 is 0.840. The van der Waals surface area contributed by atoms with Crippen molar-refractivity contribution in [3.05, 3.63) is 27.5 Å². The van der Waals surface area contributed by atoms with E-state index < -0.39 is 5.91 Å². The smallest absolute Gasteiger partial charge is 0.271 e. The minimum atomic E-state index is -0.664. The van der Waals surface area contributed by atoms with Crippen molar-refractivity contribution >= 4 is 28.5 Å². The van der Waals surface area contributed by atoms with Crippen molar-refractivity contribution in [1.82, 2.24) is 15.4 Å². The van der Waals surface area contributed by atoms with Crippen LogP contribution in [0.5, 0.6) is 5.75 Å². The lowest BCUT2D eigenvalue weighted by Gasteiger charge is -2.02. The molecule has 1 heterocycles. The standard InChI is InChI=1S/C9H7IN4O2/c10-6-2-1-4(15)3-5(6)7-8(9(11)16)13-14-12-7/h1-3,15H,(H2,11,16)(H,12,13,14). The zero-order chi connectivity index (χ0) is 11.7. The predicted molar refractivity (Wildman–Crippen MR) is 64.7 cm³/mol. The van der Waals surface area contributed by atoms with E-state index in [0.717, 1.165) is 3.57 Å². The molecule has 1 amide bonds. The van der Waals surface area contributed by atoms with E-state index in [4.69, 9.17) is 5.73 Å². The lowest BCUT2D eigenvalue weighted by atomic mass is 10.1. The second-order valence-electron chi connectivity index (χ2n) is 3.05.